The maximum absolute atomic E-state index is 12.5. The Bertz CT molecular complexity index is 776. The number of carbonyl (C=O) groups is 2. The number of urea groups is 1. The Morgan fingerprint density at radius 2 is 2.00 bits per heavy atom. The van der Waals surface area contributed by atoms with Crippen molar-refractivity contribution in [1.82, 2.24) is 15.2 Å². The van der Waals surface area contributed by atoms with Crippen molar-refractivity contribution in [1.29, 1.82) is 0 Å². The minimum absolute atomic E-state index is 0.0107. The van der Waals surface area contributed by atoms with Gasteiger partial charge in [-0.1, -0.05) is 0 Å². The fraction of sp³-hybridized carbons (Fsp3) is 0.500. The second-order valence-electron chi connectivity index (χ2n) is 6.77. The SMILES string of the molecule is Cc1nc2cc(NC(=O)C3CCN(C(=O)NC(C)C)CC3)ccc2o1. The number of carbonyl (C=O) groups excluding carboxylic acids is 2. The van der Waals surface area contributed by atoms with Crippen LogP contribution in [-0.2, 0) is 4.79 Å². The number of hydrogen-bond acceptors (Lipinski definition) is 4. The highest BCUT2D eigenvalue weighted by Crippen LogP contribution is 2.22. The largest absolute Gasteiger partial charge is 0.441 e. The molecule has 134 valence electrons. The number of amides is 3. The molecule has 1 fully saturated rings. The van der Waals surface area contributed by atoms with Crippen molar-refractivity contribution in [3.05, 3.63) is 24.1 Å². The second-order valence-corrected chi connectivity index (χ2v) is 6.77. The molecule has 7 nitrogen and oxygen atoms in total. The molecule has 1 aromatic carbocycles. The highest BCUT2D eigenvalue weighted by molar-refractivity contribution is 5.94. The molecule has 0 radical (unpaired) electrons. The summed E-state index contributed by atoms with van der Waals surface area (Å²) in [5.41, 5.74) is 2.15. The van der Waals surface area contributed by atoms with Crippen LogP contribution in [0.2, 0.25) is 0 Å². The number of anilines is 1. The van der Waals surface area contributed by atoms with Crippen molar-refractivity contribution in [2.75, 3.05) is 18.4 Å². The standard InChI is InChI=1S/C18H24N4O3/c1-11(2)19-18(24)22-8-6-13(7-9-22)17(23)21-14-4-5-16-15(10-14)20-12(3)25-16/h4-5,10-11,13H,6-9H2,1-3H3,(H,19,24)(H,21,23). The molecule has 0 saturated carbocycles. The third-order valence-corrected chi connectivity index (χ3v) is 4.33. The number of fused-ring (bicyclic) bond motifs is 1. The molecule has 7 heteroatoms. The third-order valence-electron chi connectivity index (χ3n) is 4.33. The van der Waals surface area contributed by atoms with E-state index in [1.807, 2.05) is 32.0 Å². The van der Waals surface area contributed by atoms with Gasteiger partial charge >= 0.3 is 6.03 Å². The number of hydrogen-bond donors (Lipinski definition) is 2. The van der Waals surface area contributed by atoms with Crippen molar-refractivity contribution in [3.8, 4) is 0 Å². The maximum atomic E-state index is 12.5. The van der Waals surface area contributed by atoms with Gasteiger partial charge in [-0.2, -0.15) is 0 Å². The zero-order valence-corrected chi connectivity index (χ0v) is 14.8. The molecule has 0 unspecified atom stereocenters. The lowest BCUT2D eigenvalue weighted by atomic mass is 9.96. The lowest BCUT2D eigenvalue weighted by Gasteiger charge is -2.31. The normalized spacial score (nSPS) is 15.6. The molecular weight excluding hydrogens is 320 g/mol. The van der Waals surface area contributed by atoms with Crippen LogP contribution < -0.4 is 10.6 Å². The molecule has 1 aromatic heterocycles. The molecule has 1 saturated heterocycles. The fourth-order valence-corrected chi connectivity index (χ4v) is 3.05. The molecule has 0 aliphatic carbocycles. The summed E-state index contributed by atoms with van der Waals surface area (Å²) in [6, 6.07) is 5.50. The topological polar surface area (TPSA) is 87.5 Å². The molecule has 0 spiro atoms. The van der Waals surface area contributed by atoms with Crippen LogP contribution in [0.5, 0.6) is 0 Å². The Morgan fingerprint density at radius 3 is 2.68 bits per heavy atom. The van der Waals surface area contributed by atoms with Gasteiger partial charge in [0.15, 0.2) is 11.5 Å². The zero-order chi connectivity index (χ0) is 18.0. The number of piperidine rings is 1. The molecule has 2 heterocycles. The first-order valence-electron chi connectivity index (χ1n) is 8.66. The molecule has 1 aliphatic rings. The summed E-state index contributed by atoms with van der Waals surface area (Å²) in [5.74, 6) is 0.506. The van der Waals surface area contributed by atoms with Crippen LogP contribution in [0.1, 0.15) is 32.6 Å². The van der Waals surface area contributed by atoms with E-state index >= 15 is 0 Å². The van der Waals surface area contributed by atoms with Crippen LogP contribution in [0.3, 0.4) is 0 Å². The van der Waals surface area contributed by atoms with Gasteiger partial charge in [0.25, 0.3) is 0 Å². The predicted octanol–water partition coefficient (Wildman–Crippen LogP) is 2.90. The average molecular weight is 344 g/mol. The van der Waals surface area contributed by atoms with E-state index in [9.17, 15) is 9.59 Å². The van der Waals surface area contributed by atoms with E-state index in [2.05, 4.69) is 15.6 Å². The summed E-state index contributed by atoms with van der Waals surface area (Å²) >= 11 is 0. The lowest BCUT2D eigenvalue weighted by Crippen LogP contribution is -2.47. The number of likely N-dealkylation sites (tertiary alicyclic amines) is 1. The number of aryl methyl sites for hydroxylation is 1. The van der Waals surface area contributed by atoms with E-state index in [1.165, 1.54) is 0 Å². The number of nitrogens with zero attached hydrogens (tertiary/aromatic N) is 2. The van der Waals surface area contributed by atoms with Crippen LogP contribution >= 0.6 is 0 Å². The molecule has 1 aliphatic heterocycles. The molecule has 0 atom stereocenters. The number of benzene rings is 1. The summed E-state index contributed by atoms with van der Waals surface area (Å²) < 4.78 is 5.44. The van der Waals surface area contributed by atoms with Gasteiger partial charge in [0.1, 0.15) is 5.52 Å². The Kier molecular flexibility index (Phi) is 4.92. The average Bonchev–Trinajstić information content (AvgIpc) is 2.93. The minimum Gasteiger partial charge on any atom is -0.441 e. The van der Waals surface area contributed by atoms with E-state index in [0.29, 0.717) is 43.1 Å². The zero-order valence-electron chi connectivity index (χ0n) is 14.8. The summed E-state index contributed by atoms with van der Waals surface area (Å²) in [5, 5.41) is 5.84. The van der Waals surface area contributed by atoms with E-state index in [-0.39, 0.29) is 23.9 Å². The number of aromatic nitrogens is 1. The number of rotatable bonds is 3. The van der Waals surface area contributed by atoms with Crippen molar-refractivity contribution < 1.29 is 14.0 Å². The summed E-state index contributed by atoms with van der Waals surface area (Å²) in [6.07, 6.45) is 1.34. The van der Waals surface area contributed by atoms with Crippen LogP contribution in [0, 0.1) is 12.8 Å². The molecule has 2 aromatic rings. The van der Waals surface area contributed by atoms with Crippen LogP contribution in [0.4, 0.5) is 10.5 Å². The summed E-state index contributed by atoms with van der Waals surface area (Å²) in [7, 11) is 0. The minimum atomic E-state index is -0.0853. The van der Waals surface area contributed by atoms with Crippen molar-refractivity contribution in [3.63, 3.8) is 0 Å². The van der Waals surface area contributed by atoms with E-state index in [1.54, 1.807) is 11.8 Å². The van der Waals surface area contributed by atoms with Gasteiger partial charge < -0.3 is 20.0 Å². The highest BCUT2D eigenvalue weighted by Gasteiger charge is 2.27. The molecule has 3 amide bonds. The number of oxazole rings is 1. The molecule has 2 N–H and O–H groups in total. The first-order chi connectivity index (χ1) is 11.9. The third kappa shape index (κ3) is 4.10. The van der Waals surface area contributed by atoms with Gasteiger partial charge in [0.05, 0.1) is 0 Å². The van der Waals surface area contributed by atoms with Crippen molar-refractivity contribution >= 4 is 28.7 Å². The predicted molar refractivity (Wildman–Crippen MR) is 95.3 cm³/mol. The molecular formula is C18H24N4O3. The van der Waals surface area contributed by atoms with Gasteiger partial charge in [-0.3, -0.25) is 4.79 Å². The fourth-order valence-electron chi connectivity index (χ4n) is 3.05. The van der Waals surface area contributed by atoms with Crippen LogP contribution in [-0.4, -0.2) is 41.0 Å². The monoisotopic (exact) mass is 344 g/mol. The van der Waals surface area contributed by atoms with E-state index in [4.69, 9.17) is 4.42 Å². The smallest absolute Gasteiger partial charge is 0.317 e. The van der Waals surface area contributed by atoms with Crippen LogP contribution in [0.25, 0.3) is 11.1 Å². The van der Waals surface area contributed by atoms with Gasteiger partial charge in [0, 0.05) is 37.7 Å². The van der Waals surface area contributed by atoms with Gasteiger partial charge in [0.2, 0.25) is 5.91 Å². The van der Waals surface area contributed by atoms with Crippen molar-refractivity contribution in [2.45, 2.75) is 39.7 Å². The Labute approximate surface area is 146 Å². The van der Waals surface area contributed by atoms with Gasteiger partial charge in [-0.05, 0) is 44.9 Å². The quantitative estimate of drug-likeness (QED) is 0.896. The second kappa shape index (κ2) is 7.13. The van der Waals surface area contributed by atoms with Gasteiger partial charge in [-0.25, -0.2) is 9.78 Å². The molecule has 0 bridgehead atoms. The molecule has 25 heavy (non-hydrogen) atoms. The Hall–Kier alpha value is -2.57. The first kappa shape index (κ1) is 17.3. The summed E-state index contributed by atoms with van der Waals surface area (Å²) in [6.45, 7) is 6.86. The van der Waals surface area contributed by atoms with Gasteiger partial charge in [-0.15, -0.1) is 0 Å². The highest BCUT2D eigenvalue weighted by atomic mass is 16.3. The lowest BCUT2D eigenvalue weighted by molar-refractivity contribution is -0.121. The summed E-state index contributed by atoms with van der Waals surface area (Å²) in [4.78, 5) is 30.5. The first-order valence-corrected chi connectivity index (χ1v) is 8.66. The molecule has 3 rings (SSSR count). The van der Waals surface area contributed by atoms with E-state index < -0.39 is 0 Å². The Balaban J connectivity index is 1.56. The van der Waals surface area contributed by atoms with Crippen molar-refractivity contribution in [2.24, 2.45) is 5.92 Å². The Morgan fingerprint density at radius 1 is 1.28 bits per heavy atom. The van der Waals surface area contributed by atoms with Crippen LogP contribution in [0.15, 0.2) is 22.6 Å². The van der Waals surface area contributed by atoms with E-state index in [0.717, 1.165) is 5.52 Å². The maximum Gasteiger partial charge on any atom is 0.317 e. The number of nitrogens with one attached hydrogen (secondary N) is 2.